The molecule has 140 valence electrons. The summed E-state index contributed by atoms with van der Waals surface area (Å²) in [4.78, 5) is 12.6. The van der Waals surface area contributed by atoms with Crippen molar-refractivity contribution in [3.63, 3.8) is 0 Å². The highest BCUT2D eigenvalue weighted by Crippen LogP contribution is 2.27. The van der Waals surface area contributed by atoms with Crippen molar-refractivity contribution in [1.82, 2.24) is 5.32 Å². The van der Waals surface area contributed by atoms with E-state index in [0.29, 0.717) is 33.8 Å². The van der Waals surface area contributed by atoms with Gasteiger partial charge in [-0.25, -0.2) is 0 Å². The predicted octanol–water partition coefficient (Wildman–Crippen LogP) is 3.87. The summed E-state index contributed by atoms with van der Waals surface area (Å²) >= 11 is 1.74. The second-order valence-corrected chi connectivity index (χ2v) is 7.79. The second kappa shape index (κ2) is 9.01. The molecule has 2 N–H and O–H groups in total. The highest BCUT2D eigenvalue weighted by Gasteiger charge is 2.30. The molecule has 5 nitrogen and oxygen atoms in total. The van der Waals surface area contributed by atoms with Crippen molar-refractivity contribution in [2.24, 2.45) is 10.2 Å². The molecular weight excluding hydrogens is 392 g/mol. The first-order valence-electron chi connectivity index (χ1n) is 7.91. The number of thioether (sulfide) groups is 2. The number of carbonyl (C=O) groups excluding carboxylic acids is 1. The molecule has 0 aromatic heterocycles. The van der Waals surface area contributed by atoms with Crippen LogP contribution in [0.15, 0.2) is 63.6 Å². The molecule has 3 rings (SSSR count). The largest absolute Gasteiger partial charge is 0.507 e. The van der Waals surface area contributed by atoms with E-state index in [0.717, 1.165) is 5.56 Å². The SMILES string of the molecule is O=C1N/C(=N\N=C\c2ccccc2O)S[C@@H]1Cc1ccc(SC(F)F)cc1. The molecule has 1 aliphatic heterocycles. The minimum Gasteiger partial charge on any atom is -0.507 e. The summed E-state index contributed by atoms with van der Waals surface area (Å²) in [5.74, 6) is -2.54. The van der Waals surface area contributed by atoms with Crippen LogP contribution in [0.25, 0.3) is 0 Å². The topological polar surface area (TPSA) is 74.0 Å². The van der Waals surface area contributed by atoms with Crippen molar-refractivity contribution < 1.29 is 18.7 Å². The molecule has 0 spiro atoms. The van der Waals surface area contributed by atoms with Gasteiger partial charge in [-0.1, -0.05) is 47.8 Å². The number of alkyl halides is 2. The Balaban J connectivity index is 1.59. The molecule has 27 heavy (non-hydrogen) atoms. The van der Waals surface area contributed by atoms with Crippen LogP contribution in [0.3, 0.4) is 0 Å². The Morgan fingerprint density at radius 1 is 1.22 bits per heavy atom. The monoisotopic (exact) mass is 407 g/mol. The molecule has 0 aliphatic carbocycles. The lowest BCUT2D eigenvalue weighted by Gasteiger charge is -2.06. The molecule has 9 heteroatoms. The molecule has 0 radical (unpaired) electrons. The summed E-state index contributed by atoms with van der Waals surface area (Å²) < 4.78 is 24.7. The summed E-state index contributed by atoms with van der Waals surface area (Å²) in [7, 11) is 0. The molecule has 1 atom stereocenters. The zero-order valence-electron chi connectivity index (χ0n) is 13.9. The first kappa shape index (κ1) is 19.4. The first-order chi connectivity index (χ1) is 13.0. The highest BCUT2D eigenvalue weighted by molar-refractivity contribution is 8.15. The Morgan fingerprint density at radius 2 is 1.96 bits per heavy atom. The van der Waals surface area contributed by atoms with Crippen LogP contribution in [0.2, 0.25) is 0 Å². The van der Waals surface area contributed by atoms with E-state index in [9.17, 15) is 18.7 Å². The summed E-state index contributed by atoms with van der Waals surface area (Å²) in [6, 6.07) is 13.4. The summed E-state index contributed by atoms with van der Waals surface area (Å²) in [5.41, 5.74) is 1.40. The predicted molar refractivity (Wildman–Crippen MR) is 105 cm³/mol. The molecule has 1 aliphatic rings. The number of amidine groups is 1. The van der Waals surface area contributed by atoms with Crippen LogP contribution in [0.5, 0.6) is 5.75 Å². The van der Waals surface area contributed by atoms with Gasteiger partial charge in [-0.2, -0.15) is 13.9 Å². The standard InChI is InChI=1S/C18H15F2N3O2S2/c19-17(20)26-13-7-5-11(6-8-13)9-15-16(25)22-18(27-15)23-21-10-12-3-1-2-4-14(12)24/h1-8,10,15,17,24H,9H2,(H,22,23,25)/b21-10+/t15-/m1/s1. The highest BCUT2D eigenvalue weighted by atomic mass is 32.2. The fraction of sp³-hybridized carbons (Fsp3) is 0.167. The lowest BCUT2D eigenvalue weighted by molar-refractivity contribution is -0.118. The average Bonchev–Trinajstić information content (AvgIpc) is 2.97. The van der Waals surface area contributed by atoms with Gasteiger partial charge in [-0.15, -0.1) is 5.10 Å². The zero-order valence-corrected chi connectivity index (χ0v) is 15.5. The summed E-state index contributed by atoms with van der Waals surface area (Å²) in [6.07, 6.45) is 1.86. The third-order valence-corrected chi connectivity index (χ3v) is 5.42. The number of benzene rings is 2. The molecule has 0 unspecified atom stereocenters. The van der Waals surface area contributed by atoms with Crippen molar-refractivity contribution in [3.8, 4) is 5.75 Å². The van der Waals surface area contributed by atoms with Gasteiger partial charge in [-0.05, 0) is 36.2 Å². The number of rotatable bonds is 6. The number of carbonyl (C=O) groups is 1. The quantitative estimate of drug-likeness (QED) is 0.433. The zero-order chi connectivity index (χ0) is 19.2. The van der Waals surface area contributed by atoms with E-state index in [1.54, 1.807) is 48.5 Å². The van der Waals surface area contributed by atoms with Crippen LogP contribution in [-0.2, 0) is 11.2 Å². The van der Waals surface area contributed by atoms with E-state index in [4.69, 9.17) is 0 Å². The van der Waals surface area contributed by atoms with Gasteiger partial charge < -0.3 is 10.4 Å². The van der Waals surface area contributed by atoms with Crippen LogP contribution in [0.1, 0.15) is 11.1 Å². The average molecular weight is 407 g/mol. The smallest absolute Gasteiger partial charge is 0.288 e. The van der Waals surface area contributed by atoms with Crippen LogP contribution in [0.4, 0.5) is 8.78 Å². The van der Waals surface area contributed by atoms with E-state index < -0.39 is 5.76 Å². The fourth-order valence-electron chi connectivity index (χ4n) is 2.35. The van der Waals surface area contributed by atoms with Crippen LogP contribution < -0.4 is 5.32 Å². The maximum atomic E-state index is 12.3. The Kier molecular flexibility index (Phi) is 6.46. The molecule has 1 amide bonds. The lowest BCUT2D eigenvalue weighted by Crippen LogP contribution is -2.25. The third kappa shape index (κ3) is 5.54. The molecule has 1 heterocycles. The number of phenolic OH excluding ortho intramolecular Hbond substituents is 1. The van der Waals surface area contributed by atoms with E-state index in [2.05, 4.69) is 15.5 Å². The molecule has 1 saturated heterocycles. The Hall–Kier alpha value is -2.39. The minimum absolute atomic E-state index is 0.0934. The number of halogens is 2. The van der Waals surface area contributed by atoms with Gasteiger partial charge in [-0.3, -0.25) is 4.79 Å². The molecule has 0 bridgehead atoms. The summed E-state index contributed by atoms with van der Waals surface area (Å²) in [5, 5.41) is 20.2. The van der Waals surface area contributed by atoms with E-state index in [1.165, 1.54) is 18.0 Å². The molecule has 1 fully saturated rings. The minimum atomic E-state index is -2.45. The van der Waals surface area contributed by atoms with Crippen molar-refractivity contribution in [2.45, 2.75) is 22.3 Å². The first-order valence-corrected chi connectivity index (χ1v) is 9.67. The Labute approximate surface area is 163 Å². The number of nitrogens with one attached hydrogen (secondary N) is 1. The van der Waals surface area contributed by atoms with Gasteiger partial charge in [0.1, 0.15) is 5.75 Å². The lowest BCUT2D eigenvalue weighted by atomic mass is 10.1. The van der Waals surface area contributed by atoms with Gasteiger partial charge in [0.25, 0.3) is 5.76 Å². The summed E-state index contributed by atoms with van der Waals surface area (Å²) in [6.45, 7) is 0. The normalized spacial score (nSPS) is 18.6. The van der Waals surface area contributed by atoms with Crippen LogP contribution in [0, 0.1) is 0 Å². The number of nitrogens with zero attached hydrogens (tertiary/aromatic N) is 2. The third-order valence-electron chi connectivity index (χ3n) is 3.63. The van der Waals surface area contributed by atoms with Crippen molar-refractivity contribution in [2.75, 3.05) is 0 Å². The molecular formula is C18H15F2N3O2S2. The number of para-hydroxylation sites is 1. The van der Waals surface area contributed by atoms with Gasteiger partial charge >= 0.3 is 0 Å². The molecule has 0 saturated carbocycles. The van der Waals surface area contributed by atoms with Gasteiger partial charge in [0.05, 0.1) is 11.5 Å². The number of phenols is 1. The van der Waals surface area contributed by atoms with Gasteiger partial charge in [0, 0.05) is 10.5 Å². The Bertz CT molecular complexity index is 873. The van der Waals surface area contributed by atoms with Gasteiger partial charge in [0.2, 0.25) is 5.91 Å². The van der Waals surface area contributed by atoms with E-state index in [-0.39, 0.29) is 16.9 Å². The number of aromatic hydroxyl groups is 1. The van der Waals surface area contributed by atoms with Crippen molar-refractivity contribution in [3.05, 3.63) is 59.7 Å². The van der Waals surface area contributed by atoms with Crippen LogP contribution in [-0.4, -0.2) is 33.4 Å². The van der Waals surface area contributed by atoms with Crippen molar-refractivity contribution >= 4 is 40.8 Å². The van der Waals surface area contributed by atoms with Crippen molar-refractivity contribution in [1.29, 1.82) is 0 Å². The Morgan fingerprint density at radius 3 is 2.67 bits per heavy atom. The number of amides is 1. The molecule has 2 aromatic carbocycles. The van der Waals surface area contributed by atoms with E-state index >= 15 is 0 Å². The number of hydrogen-bond donors (Lipinski definition) is 2. The fourth-order valence-corrected chi connectivity index (χ4v) is 3.81. The van der Waals surface area contributed by atoms with Crippen LogP contribution >= 0.6 is 23.5 Å². The van der Waals surface area contributed by atoms with E-state index in [1.807, 2.05) is 0 Å². The molecule has 2 aromatic rings. The maximum absolute atomic E-state index is 12.3. The maximum Gasteiger partial charge on any atom is 0.288 e. The second-order valence-electron chi connectivity index (χ2n) is 5.53. The van der Waals surface area contributed by atoms with Gasteiger partial charge in [0.15, 0.2) is 5.17 Å². The number of hydrogen-bond acceptors (Lipinski definition) is 6.